The van der Waals surface area contributed by atoms with Gasteiger partial charge in [0.25, 0.3) is 0 Å². The third-order valence-electron chi connectivity index (χ3n) is 2.89. The van der Waals surface area contributed by atoms with Gasteiger partial charge >= 0.3 is 0 Å². The Bertz CT molecular complexity index is 506. The van der Waals surface area contributed by atoms with E-state index in [9.17, 15) is 0 Å². The van der Waals surface area contributed by atoms with Gasteiger partial charge in [0, 0.05) is 33.4 Å². The van der Waals surface area contributed by atoms with E-state index in [1.165, 1.54) is 8.45 Å². The Morgan fingerprint density at radius 3 is 2.53 bits per heavy atom. The molecular formula is C14H18IN3S. The van der Waals surface area contributed by atoms with Crippen LogP contribution >= 0.6 is 33.9 Å². The number of rotatable bonds is 6. The molecule has 0 spiro atoms. The van der Waals surface area contributed by atoms with E-state index in [4.69, 9.17) is 0 Å². The van der Waals surface area contributed by atoms with E-state index >= 15 is 0 Å². The second-order valence-corrected chi connectivity index (χ2v) is 6.48. The number of thiazole rings is 1. The van der Waals surface area contributed by atoms with Crippen molar-refractivity contribution in [3.05, 3.63) is 38.9 Å². The Balaban J connectivity index is 1.95. The molecule has 0 saturated carbocycles. The maximum absolute atomic E-state index is 4.49. The first kappa shape index (κ1) is 14.6. The molecule has 1 aromatic heterocycles. The maximum Gasteiger partial charge on any atom is 0.185 e. The van der Waals surface area contributed by atoms with E-state index < -0.39 is 0 Å². The standard InChI is InChI=1S/C14H18IN3S/c1-3-18(4-2)14-17-10-13(19-14)9-16-12-7-5-11(15)6-8-12/h5-8,10,16H,3-4,9H2,1-2H3. The average molecular weight is 387 g/mol. The summed E-state index contributed by atoms with van der Waals surface area (Å²) in [5.74, 6) is 0. The summed E-state index contributed by atoms with van der Waals surface area (Å²) >= 11 is 4.08. The highest BCUT2D eigenvalue weighted by Crippen LogP contribution is 2.23. The molecule has 1 N–H and O–H groups in total. The van der Waals surface area contributed by atoms with Crippen molar-refractivity contribution in [1.29, 1.82) is 0 Å². The van der Waals surface area contributed by atoms with Crippen LogP contribution in [0.2, 0.25) is 0 Å². The molecule has 0 unspecified atom stereocenters. The van der Waals surface area contributed by atoms with Gasteiger partial charge in [-0.15, -0.1) is 11.3 Å². The van der Waals surface area contributed by atoms with Gasteiger partial charge < -0.3 is 10.2 Å². The first-order chi connectivity index (χ1) is 9.22. The Hall–Kier alpha value is -0.820. The fourth-order valence-corrected chi connectivity index (χ4v) is 3.11. The summed E-state index contributed by atoms with van der Waals surface area (Å²) in [5, 5.41) is 4.54. The molecule has 0 radical (unpaired) electrons. The van der Waals surface area contributed by atoms with E-state index in [1.807, 2.05) is 6.20 Å². The van der Waals surface area contributed by atoms with Crippen LogP contribution in [0.1, 0.15) is 18.7 Å². The Labute approximate surface area is 132 Å². The third-order valence-corrected chi connectivity index (χ3v) is 4.66. The number of aromatic nitrogens is 1. The molecule has 0 atom stereocenters. The van der Waals surface area contributed by atoms with E-state index in [2.05, 4.69) is 75.9 Å². The minimum atomic E-state index is 0.833. The zero-order chi connectivity index (χ0) is 13.7. The van der Waals surface area contributed by atoms with Crippen LogP contribution in [0.3, 0.4) is 0 Å². The molecule has 0 aliphatic rings. The van der Waals surface area contributed by atoms with Gasteiger partial charge in [0.05, 0.1) is 6.54 Å². The number of hydrogen-bond acceptors (Lipinski definition) is 4. The monoisotopic (exact) mass is 387 g/mol. The first-order valence-electron chi connectivity index (χ1n) is 6.42. The smallest absolute Gasteiger partial charge is 0.185 e. The number of halogens is 1. The van der Waals surface area contributed by atoms with Crippen molar-refractivity contribution in [3.63, 3.8) is 0 Å². The van der Waals surface area contributed by atoms with Crippen molar-refractivity contribution in [2.24, 2.45) is 0 Å². The van der Waals surface area contributed by atoms with E-state index in [-0.39, 0.29) is 0 Å². The third kappa shape index (κ3) is 4.07. The lowest BCUT2D eigenvalue weighted by Crippen LogP contribution is -2.21. The van der Waals surface area contributed by atoms with Crippen LogP contribution in [0.4, 0.5) is 10.8 Å². The summed E-state index contributed by atoms with van der Waals surface area (Å²) in [6.45, 7) is 7.17. The van der Waals surface area contributed by atoms with E-state index in [1.54, 1.807) is 11.3 Å². The number of hydrogen-bond donors (Lipinski definition) is 1. The van der Waals surface area contributed by atoms with Gasteiger partial charge in [0.15, 0.2) is 5.13 Å². The number of nitrogens with zero attached hydrogens (tertiary/aromatic N) is 2. The van der Waals surface area contributed by atoms with Crippen LogP contribution in [0, 0.1) is 3.57 Å². The average Bonchev–Trinajstić information content (AvgIpc) is 2.88. The molecule has 3 nitrogen and oxygen atoms in total. The van der Waals surface area contributed by atoms with Gasteiger partial charge in [-0.05, 0) is 60.7 Å². The maximum atomic E-state index is 4.49. The van der Waals surface area contributed by atoms with Crippen molar-refractivity contribution < 1.29 is 0 Å². The van der Waals surface area contributed by atoms with Crippen LogP contribution in [0.15, 0.2) is 30.5 Å². The second kappa shape index (κ2) is 7.09. The topological polar surface area (TPSA) is 28.2 Å². The molecule has 0 aliphatic carbocycles. The van der Waals surface area contributed by atoms with E-state index in [0.717, 1.165) is 30.5 Å². The summed E-state index contributed by atoms with van der Waals surface area (Å²) in [6.07, 6.45) is 1.97. The second-order valence-electron chi connectivity index (χ2n) is 4.14. The van der Waals surface area contributed by atoms with Gasteiger partial charge in [-0.25, -0.2) is 4.98 Å². The summed E-state index contributed by atoms with van der Waals surface area (Å²) in [4.78, 5) is 8.03. The van der Waals surface area contributed by atoms with Crippen molar-refractivity contribution in [2.75, 3.05) is 23.3 Å². The van der Waals surface area contributed by atoms with Crippen LogP contribution in [-0.2, 0) is 6.54 Å². The van der Waals surface area contributed by atoms with Crippen LogP contribution in [0.25, 0.3) is 0 Å². The molecule has 19 heavy (non-hydrogen) atoms. The molecule has 0 bridgehead atoms. The summed E-state index contributed by atoms with van der Waals surface area (Å²) < 4.78 is 1.25. The number of anilines is 2. The van der Waals surface area contributed by atoms with Gasteiger partial charge in [-0.1, -0.05) is 0 Å². The van der Waals surface area contributed by atoms with Crippen LogP contribution in [-0.4, -0.2) is 18.1 Å². The van der Waals surface area contributed by atoms with Crippen molar-refractivity contribution in [2.45, 2.75) is 20.4 Å². The minimum Gasteiger partial charge on any atom is -0.380 e. The fourth-order valence-electron chi connectivity index (χ4n) is 1.78. The SMILES string of the molecule is CCN(CC)c1ncc(CNc2ccc(I)cc2)s1. The molecule has 0 saturated heterocycles. The Morgan fingerprint density at radius 1 is 1.21 bits per heavy atom. The lowest BCUT2D eigenvalue weighted by molar-refractivity contribution is 0.860. The zero-order valence-corrected chi connectivity index (χ0v) is 14.2. The number of nitrogens with one attached hydrogen (secondary N) is 1. The molecule has 0 amide bonds. The molecule has 2 aromatic rings. The van der Waals surface area contributed by atoms with Crippen molar-refractivity contribution in [3.8, 4) is 0 Å². The van der Waals surface area contributed by atoms with Gasteiger partial charge in [-0.3, -0.25) is 0 Å². The van der Waals surface area contributed by atoms with Crippen molar-refractivity contribution in [1.82, 2.24) is 4.98 Å². The highest BCUT2D eigenvalue weighted by Gasteiger charge is 2.07. The largest absolute Gasteiger partial charge is 0.380 e. The quantitative estimate of drug-likeness (QED) is 0.753. The van der Waals surface area contributed by atoms with Gasteiger partial charge in [0.2, 0.25) is 0 Å². The highest BCUT2D eigenvalue weighted by atomic mass is 127. The Kier molecular flexibility index (Phi) is 5.45. The highest BCUT2D eigenvalue weighted by molar-refractivity contribution is 14.1. The first-order valence-corrected chi connectivity index (χ1v) is 8.31. The molecule has 1 aromatic carbocycles. The van der Waals surface area contributed by atoms with E-state index in [0.29, 0.717) is 0 Å². The van der Waals surface area contributed by atoms with Gasteiger partial charge in [-0.2, -0.15) is 0 Å². The molecule has 5 heteroatoms. The molecule has 0 aliphatic heterocycles. The van der Waals surface area contributed by atoms with Crippen LogP contribution < -0.4 is 10.2 Å². The minimum absolute atomic E-state index is 0.833. The lowest BCUT2D eigenvalue weighted by atomic mass is 10.3. The number of benzene rings is 1. The summed E-state index contributed by atoms with van der Waals surface area (Å²) in [7, 11) is 0. The predicted octanol–water partition coefficient (Wildman–Crippen LogP) is 4.21. The molecule has 102 valence electrons. The summed E-state index contributed by atoms with van der Waals surface area (Å²) in [6, 6.07) is 8.43. The Morgan fingerprint density at radius 2 is 1.89 bits per heavy atom. The van der Waals surface area contributed by atoms with Crippen molar-refractivity contribution >= 4 is 44.7 Å². The van der Waals surface area contributed by atoms with Crippen LogP contribution in [0.5, 0.6) is 0 Å². The lowest BCUT2D eigenvalue weighted by Gasteiger charge is -2.16. The molecule has 1 heterocycles. The molecule has 2 rings (SSSR count). The fraction of sp³-hybridized carbons (Fsp3) is 0.357. The summed E-state index contributed by atoms with van der Waals surface area (Å²) in [5.41, 5.74) is 1.15. The zero-order valence-electron chi connectivity index (χ0n) is 11.2. The van der Waals surface area contributed by atoms with Gasteiger partial charge in [0.1, 0.15) is 0 Å². The molecule has 0 fully saturated rings. The predicted molar refractivity (Wildman–Crippen MR) is 92.2 cm³/mol. The normalized spacial score (nSPS) is 10.5. The molecular weight excluding hydrogens is 369 g/mol.